The summed E-state index contributed by atoms with van der Waals surface area (Å²) in [5, 5.41) is 16.8. The van der Waals surface area contributed by atoms with Crippen molar-refractivity contribution < 1.29 is 9.13 Å². The van der Waals surface area contributed by atoms with Gasteiger partial charge in [-0.3, -0.25) is 0 Å². The molecule has 0 radical (unpaired) electrons. The molecule has 0 amide bonds. The Balaban J connectivity index is 1.95. The van der Waals surface area contributed by atoms with Gasteiger partial charge in [0.2, 0.25) is 0 Å². The van der Waals surface area contributed by atoms with E-state index in [4.69, 9.17) is 10.00 Å². The van der Waals surface area contributed by atoms with Gasteiger partial charge in [0.1, 0.15) is 35.6 Å². The molecule has 0 aliphatic rings. The molecule has 0 saturated heterocycles. The highest BCUT2D eigenvalue weighted by Crippen LogP contribution is 2.18. The summed E-state index contributed by atoms with van der Waals surface area (Å²) >= 11 is 0. The van der Waals surface area contributed by atoms with Crippen LogP contribution >= 0.6 is 0 Å². The molecular formula is C16H11FN4O. The van der Waals surface area contributed by atoms with E-state index < -0.39 is 5.82 Å². The van der Waals surface area contributed by atoms with Crippen LogP contribution in [-0.4, -0.2) is 15.0 Å². The lowest BCUT2D eigenvalue weighted by Gasteiger charge is -2.09. The Hall–Kier alpha value is -3.20. The highest BCUT2D eigenvalue weighted by Gasteiger charge is 2.17. The van der Waals surface area contributed by atoms with Crippen LogP contribution in [0.4, 0.5) is 4.39 Å². The van der Waals surface area contributed by atoms with E-state index in [9.17, 15) is 4.39 Å². The van der Waals surface area contributed by atoms with Crippen molar-refractivity contribution in [1.82, 2.24) is 15.0 Å². The highest BCUT2D eigenvalue weighted by atomic mass is 19.1. The van der Waals surface area contributed by atoms with E-state index in [2.05, 4.69) is 10.3 Å². The molecule has 22 heavy (non-hydrogen) atoms. The van der Waals surface area contributed by atoms with Crippen LogP contribution in [-0.2, 0) is 6.61 Å². The molecule has 2 aromatic carbocycles. The molecule has 0 unspecified atom stereocenters. The van der Waals surface area contributed by atoms with E-state index in [0.717, 1.165) is 0 Å². The fraction of sp³-hybridized carbons (Fsp3) is 0.0625. The summed E-state index contributed by atoms with van der Waals surface area (Å²) in [6, 6.07) is 17.3. The predicted molar refractivity (Wildman–Crippen MR) is 76.8 cm³/mol. The van der Waals surface area contributed by atoms with Crippen LogP contribution in [0.15, 0.2) is 54.6 Å². The van der Waals surface area contributed by atoms with Gasteiger partial charge in [-0.05, 0) is 24.3 Å². The quantitative estimate of drug-likeness (QED) is 0.742. The first kappa shape index (κ1) is 13.8. The number of halogens is 1. The molecule has 1 heterocycles. The normalized spacial score (nSPS) is 10.2. The number of benzene rings is 2. The van der Waals surface area contributed by atoms with Gasteiger partial charge in [0.25, 0.3) is 0 Å². The second kappa shape index (κ2) is 6.06. The van der Waals surface area contributed by atoms with Crippen molar-refractivity contribution in [2.75, 3.05) is 0 Å². The van der Waals surface area contributed by atoms with Crippen LogP contribution in [0.5, 0.6) is 5.75 Å². The molecule has 0 N–H and O–H groups in total. The van der Waals surface area contributed by atoms with E-state index in [1.807, 2.05) is 24.3 Å². The van der Waals surface area contributed by atoms with Crippen molar-refractivity contribution in [3.63, 3.8) is 0 Å². The first-order valence-electron chi connectivity index (χ1n) is 6.57. The molecule has 1 aromatic heterocycles. The van der Waals surface area contributed by atoms with Crippen molar-refractivity contribution >= 4 is 0 Å². The van der Waals surface area contributed by atoms with Crippen LogP contribution < -0.4 is 4.74 Å². The maximum Gasteiger partial charge on any atom is 0.189 e. The summed E-state index contributed by atoms with van der Waals surface area (Å²) in [6.45, 7) is 0.0637. The number of nitrogens with zero attached hydrogens (tertiary/aromatic N) is 4. The number of ether oxygens (including phenoxy) is 1. The van der Waals surface area contributed by atoms with Gasteiger partial charge in [-0.2, -0.15) is 5.26 Å². The van der Waals surface area contributed by atoms with E-state index >= 15 is 0 Å². The number of para-hydroxylation sites is 2. The summed E-state index contributed by atoms with van der Waals surface area (Å²) < 4.78 is 20.8. The molecule has 0 atom stereocenters. The van der Waals surface area contributed by atoms with Crippen LogP contribution in [0.2, 0.25) is 0 Å². The van der Waals surface area contributed by atoms with Crippen molar-refractivity contribution in [1.29, 1.82) is 5.26 Å². The van der Waals surface area contributed by atoms with Crippen molar-refractivity contribution in [3.8, 4) is 17.5 Å². The summed E-state index contributed by atoms with van der Waals surface area (Å²) in [6.07, 6.45) is 0. The van der Waals surface area contributed by atoms with Gasteiger partial charge in [0, 0.05) is 0 Å². The Morgan fingerprint density at radius 3 is 2.55 bits per heavy atom. The zero-order valence-corrected chi connectivity index (χ0v) is 11.5. The molecule has 0 fully saturated rings. The van der Waals surface area contributed by atoms with Gasteiger partial charge in [-0.15, -0.1) is 5.10 Å². The summed E-state index contributed by atoms with van der Waals surface area (Å²) in [7, 11) is 0. The van der Waals surface area contributed by atoms with E-state index in [1.165, 1.54) is 10.7 Å². The number of hydrogen-bond donors (Lipinski definition) is 0. The average molecular weight is 294 g/mol. The third-order valence-corrected chi connectivity index (χ3v) is 3.07. The number of rotatable bonds is 4. The topological polar surface area (TPSA) is 63.7 Å². The largest absolute Gasteiger partial charge is 0.487 e. The second-order valence-corrected chi connectivity index (χ2v) is 4.46. The SMILES string of the molecule is N#Cc1nnn(-c2ccccc2F)c1COc1ccccc1. The molecule has 108 valence electrons. The molecular weight excluding hydrogens is 283 g/mol. The first-order valence-corrected chi connectivity index (χ1v) is 6.57. The molecule has 6 heteroatoms. The number of nitriles is 1. The smallest absolute Gasteiger partial charge is 0.189 e. The minimum atomic E-state index is -0.446. The Bertz CT molecular complexity index is 824. The first-order chi connectivity index (χ1) is 10.8. The van der Waals surface area contributed by atoms with Crippen molar-refractivity contribution in [2.45, 2.75) is 6.61 Å². The fourth-order valence-electron chi connectivity index (χ4n) is 2.00. The van der Waals surface area contributed by atoms with Gasteiger partial charge >= 0.3 is 0 Å². The third-order valence-electron chi connectivity index (χ3n) is 3.07. The Kier molecular flexibility index (Phi) is 3.79. The molecule has 0 aliphatic carbocycles. The Labute approximate surface area is 126 Å². The van der Waals surface area contributed by atoms with E-state index in [-0.39, 0.29) is 18.0 Å². The second-order valence-electron chi connectivity index (χ2n) is 4.46. The lowest BCUT2D eigenvalue weighted by Crippen LogP contribution is -2.08. The summed E-state index contributed by atoms with van der Waals surface area (Å²) in [5.74, 6) is 0.200. The van der Waals surface area contributed by atoms with Gasteiger partial charge in [0.15, 0.2) is 5.69 Å². The van der Waals surface area contributed by atoms with Gasteiger partial charge in [0.05, 0.1) is 0 Å². The number of aromatic nitrogens is 3. The molecule has 0 aliphatic heterocycles. The zero-order valence-electron chi connectivity index (χ0n) is 11.5. The van der Waals surface area contributed by atoms with Gasteiger partial charge in [-0.25, -0.2) is 9.07 Å². The third kappa shape index (κ3) is 2.65. The fourth-order valence-corrected chi connectivity index (χ4v) is 2.00. The molecule has 5 nitrogen and oxygen atoms in total. The summed E-state index contributed by atoms with van der Waals surface area (Å²) in [5.41, 5.74) is 0.735. The van der Waals surface area contributed by atoms with Gasteiger partial charge < -0.3 is 4.74 Å². The molecule has 0 spiro atoms. The number of hydrogen-bond acceptors (Lipinski definition) is 4. The predicted octanol–water partition coefficient (Wildman–Crippen LogP) is 2.86. The maximum absolute atomic E-state index is 13.9. The molecule has 3 aromatic rings. The standard InChI is InChI=1S/C16H11FN4O/c17-13-8-4-5-9-15(13)21-16(14(10-18)19-20-21)11-22-12-6-2-1-3-7-12/h1-9H,11H2. The van der Waals surface area contributed by atoms with Crippen LogP contribution in [0, 0.1) is 17.1 Å². The zero-order chi connectivity index (χ0) is 15.4. The lowest BCUT2D eigenvalue weighted by atomic mass is 10.3. The molecule has 0 bridgehead atoms. The Morgan fingerprint density at radius 2 is 1.82 bits per heavy atom. The Morgan fingerprint density at radius 1 is 1.09 bits per heavy atom. The van der Waals surface area contributed by atoms with Crippen LogP contribution in [0.3, 0.4) is 0 Å². The highest BCUT2D eigenvalue weighted by molar-refractivity contribution is 5.37. The van der Waals surface area contributed by atoms with E-state index in [1.54, 1.807) is 30.3 Å². The van der Waals surface area contributed by atoms with Crippen molar-refractivity contribution in [2.24, 2.45) is 0 Å². The monoisotopic (exact) mass is 294 g/mol. The molecule has 3 rings (SSSR count). The molecule has 0 saturated carbocycles. The average Bonchev–Trinajstić information content (AvgIpc) is 2.97. The summed E-state index contributed by atoms with van der Waals surface area (Å²) in [4.78, 5) is 0. The van der Waals surface area contributed by atoms with Crippen LogP contribution in [0.1, 0.15) is 11.4 Å². The van der Waals surface area contributed by atoms with E-state index in [0.29, 0.717) is 11.4 Å². The van der Waals surface area contributed by atoms with Gasteiger partial charge in [-0.1, -0.05) is 35.5 Å². The van der Waals surface area contributed by atoms with Crippen LogP contribution in [0.25, 0.3) is 5.69 Å². The minimum Gasteiger partial charge on any atom is -0.487 e. The minimum absolute atomic E-state index is 0.0637. The maximum atomic E-state index is 13.9. The van der Waals surface area contributed by atoms with Crippen molar-refractivity contribution in [3.05, 3.63) is 71.8 Å². The lowest BCUT2D eigenvalue weighted by molar-refractivity contribution is 0.297.